The van der Waals surface area contributed by atoms with Crippen molar-refractivity contribution >= 4 is 33.7 Å². The van der Waals surface area contributed by atoms with Crippen molar-refractivity contribution in [2.24, 2.45) is 5.10 Å². The van der Waals surface area contributed by atoms with Crippen LogP contribution in [-0.2, 0) is 6.61 Å². The van der Waals surface area contributed by atoms with Crippen molar-refractivity contribution in [3.63, 3.8) is 0 Å². The Balaban J connectivity index is 1.72. The molecule has 170 valence electrons. The van der Waals surface area contributed by atoms with Crippen LogP contribution in [-0.4, -0.2) is 23.7 Å². The number of hydrogen-bond donors (Lipinski definition) is 1. The fourth-order valence-electron chi connectivity index (χ4n) is 2.76. The Morgan fingerprint density at radius 3 is 2.58 bits per heavy atom. The van der Waals surface area contributed by atoms with E-state index in [0.29, 0.717) is 28.1 Å². The second kappa shape index (κ2) is 11.2. The molecule has 0 saturated heterocycles. The van der Waals surface area contributed by atoms with E-state index >= 15 is 0 Å². The molecule has 0 spiro atoms. The van der Waals surface area contributed by atoms with Gasteiger partial charge >= 0.3 is 0 Å². The fraction of sp³-hybridized carbons (Fsp3) is 0.130. The van der Waals surface area contributed by atoms with Crippen LogP contribution in [0.4, 0.5) is 10.1 Å². The second-order valence-corrected chi connectivity index (χ2v) is 7.53. The van der Waals surface area contributed by atoms with E-state index in [1.165, 1.54) is 42.6 Å². The molecule has 0 aliphatic carbocycles. The maximum atomic E-state index is 13.1. The largest absolute Gasteiger partial charge is 0.490 e. The van der Waals surface area contributed by atoms with Gasteiger partial charge in [0.1, 0.15) is 12.4 Å². The number of hydrazone groups is 1. The van der Waals surface area contributed by atoms with Crippen LogP contribution in [0, 0.1) is 15.9 Å². The van der Waals surface area contributed by atoms with E-state index in [4.69, 9.17) is 9.47 Å². The molecule has 1 amide bonds. The summed E-state index contributed by atoms with van der Waals surface area (Å²) in [5.74, 6) is 0.0353. The quantitative estimate of drug-likeness (QED) is 0.238. The Morgan fingerprint density at radius 1 is 1.15 bits per heavy atom. The topological polar surface area (TPSA) is 103 Å². The first kappa shape index (κ1) is 23.9. The average molecular weight is 516 g/mol. The van der Waals surface area contributed by atoms with Crippen LogP contribution in [0.5, 0.6) is 11.5 Å². The summed E-state index contributed by atoms with van der Waals surface area (Å²) in [4.78, 5) is 22.5. The van der Waals surface area contributed by atoms with E-state index in [1.54, 1.807) is 24.3 Å². The van der Waals surface area contributed by atoms with Crippen LogP contribution in [0.3, 0.4) is 0 Å². The Kier molecular flexibility index (Phi) is 8.09. The molecule has 0 unspecified atom stereocenters. The summed E-state index contributed by atoms with van der Waals surface area (Å²) >= 11 is 3.44. The van der Waals surface area contributed by atoms with Gasteiger partial charge in [-0.05, 0) is 58.7 Å². The van der Waals surface area contributed by atoms with Gasteiger partial charge in [0.25, 0.3) is 11.6 Å². The maximum Gasteiger partial charge on any atom is 0.271 e. The molecule has 10 heteroatoms. The smallest absolute Gasteiger partial charge is 0.271 e. The number of benzene rings is 3. The molecule has 0 saturated carbocycles. The maximum absolute atomic E-state index is 13.1. The molecule has 3 rings (SSSR count). The zero-order valence-electron chi connectivity index (χ0n) is 17.5. The zero-order valence-corrected chi connectivity index (χ0v) is 19.0. The summed E-state index contributed by atoms with van der Waals surface area (Å²) in [6.07, 6.45) is 1.41. The third-order valence-electron chi connectivity index (χ3n) is 4.36. The summed E-state index contributed by atoms with van der Waals surface area (Å²) in [6, 6.07) is 14.7. The van der Waals surface area contributed by atoms with Gasteiger partial charge in [-0.3, -0.25) is 14.9 Å². The number of non-ortho nitro benzene ring substituents is 1. The Morgan fingerprint density at radius 2 is 1.88 bits per heavy atom. The van der Waals surface area contributed by atoms with Gasteiger partial charge < -0.3 is 9.47 Å². The fourth-order valence-corrected chi connectivity index (χ4v) is 3.18. The Labute approximate surface area is 197 Å². The number of nitro benzene ring substituents is 1. The predicted octanol–water partition coefficient (Wildman–Crippen LogP) is 5.24. The third kappa shape index (κ3) is 6.59. The van der Waals surface area contributed by atoms with Gasteiger partial charge in [-0.15, -0.1) is 0 Å². The monoisotopic (exact) mass is 515 g/mol. The third-order valence-corrected chi connectivity index (χ3v) is 5.05. The van der Waals surface area contributed by atoms with E-state index in [-0.39, 0.29) is 23.7 Å². The van der Waals surface area contributed by atoms with Gasteiger partial charge in [0.15, 0.2) is 11.5 Å². The van der Waals surface area contributed by atoms with Crippen molar-refractivity contribution < 1.29 is 23.6 Å². The molecule has 0 atom stereocenters. The van der Waals surface area contributed by atoms with E-state index in [2.05, 4.69) is 26.5 Å². The molecule has 0 radical (unpaired) electrons. The molecule has 3 aromatic carbocycles. The van der Waals surface area contributed by atoms with Gasteiger partial charge in [0, 0.05) is 27.7 Å². The van der Waals surface area contributed by atoms with Gasteiger partial charge in [-0.1, -0.05) is 18.2 Å². The lowest BCUT2D eigenvalue weighted by Gasteiger charge is -2.14. The lowest BCUT2D eigenvalue weighted by molar-refractivity contribution is -0.384. The molecular weight excluding hydrogens is 497 g/mol. The summed E-state index contributed by atoms with van der Waals surface area (Å²) < 4.78 is 25.2. The SMILES string of the molecule is CCOc1cc(/C=N\NC(=O)c2cccc([N+](=O)[O-])c2)c(Br)cc1OCc1ccc(F)cc1. The van der Waals surface area contributed by atoms with Crippen LogP contribution >= 0.6 is 15.9 Å². The molecule has 8 nitrogen and oxygen atoms in total. The molecule has 0 fully saturated rings. The van der Waals surface area contributed by atoms with Crippen molar-refractivity contribution in [1.82, 2.24) is 5.43 Å². The molecule has 0 bridgehead atoms. The second-order valence-electron chi connectivity index (χ2n) is 6.68. The van der Waals surface area contributed by atoms with Crippen LogP contribution in [0.2, 0.25) is 0 Å². The van der Waals surface area contributed by atoms with Crippen molar-refractivity contribution in [1.29, 1.82) is 0 Å². The number of rotatable bonds is 9. The minimum Gasteiger partial charge on any atom is -0.490 e. The number of nitrogens with one attached hydrogen (secondary N) is 1. The van der Waals surface area contributed by atoms with Crippen LogP contribution < -0.4 is 14.9 Å². The first-order valence-corrected chi connectivity index (χ1v) is 10.6. The predicted molar refractivity (Wildman–Crippen MR) is 124 cm³/mol. The normalized spacial score (nSPS) is 10.8. The van der Waals surface area contributed by atoms with E-state index in [9.17, 15) is 19.3 Å². The minimum atomic E-state index is -0.588. The van der Waals surface area contributed by atoms with Gasteiger partial charge in [0.05, 0.1) is 17.7 Å². The molecule has 1 N–H and O–H groups in total. The molecule has 3 aromatic rings. The number of halogens is 2. The summed E-state index contributed by atoms with van der Waals surface area (Å²) in [7, 11) is 0. The first-order chi connectivity index (χ1) is 15.9. The number of nitro groups is 1. The molecule has 0 aromatic heterocycles. The van der Waals surface area contributed by atoms with Crippen LogP contribution in [0.1, 0.15) is 28.4 Å². The van der Waals surface area contributed by atoms with Crippen LogP contribution in [0.15, 0.2) is 70.2 Å². The van der Waals surface area contributed by atoms with Gasteiger partial charge in [-0.25, -0.2) is 9.82 Å². The Hall–Kier alpha value is -3.79. The standard InChI is InChI=1S/C23H19BrFN3O5/c1-2-32-21-11-17(13-26-27-23(29)16-4-3-5-19(10-16)28(30)31)20(24)12-22(21)33-14-15-6-8-18(25)9-7-15/h3-13H,2,14H2,1H3,(H,27,29)/b26-13-. The zero-order chi connectivity index (χ0) is 23.8. The van der Waals surface area contributed by atoms with Crippen LogP contribution in [0.25, 0.3) is 0 Å². The molecule has 0 heterocycles. The first-order valence-electron chi connectivity index (χ1n) is 9.79. The lowest BCUT2D eigenvalue weighted by atomic mass is 10.2. The number of amides is 1. The highest BCUT2D eigenvalue weighted by atomic mass is 79.9. The Bertz CT molecular complexity index is 1190. The molecule has 0 aliphatic rings. The minimum absolute atomic E-state index is 0.111. The van der Waals surface area contributed by atoms with Crippen molar-refractivity contribution in [3.8, 4) is 11.5 Å². The highest BCUT2D eigenvalue weighted by molar-refractivity contribution is 9.10. The molecule has 33 heavy (non-hydrogen) atoms. The number of carbonyl (C=O) groups is 1. The number of ether oxygens (including phenoxy) is 2. The molecular formula is C23H19BrFN3O5. The van der Waals surface area contributed by atoms with Gasteiger partial charge in [0.2, 0.25) is 0 Å². The van der Waals surface area contributed by atoms with Crippen molar-refractivity contribution in [3.05, 3.63) is 97.8 Å². The summed E-state index contributed by atoms with van der Waals surface area (Å²) in [6.45, 7) is 2.45. The highest BCUT2D eigenvalue weighted by Gasteiger charge is 2.12. The van der Waals surface area contributed by atoms with Crippen molar-refractivity contribution in [2.75, 3.05) is 6.61 Å². The number of nitrogens with zero attached hydrogens (tertiary/aromatic N) is 2. The van der Waals surface area contributed by atoms with E-state index in [0.717, 1.165) is 5.56 Å². The van der Waals surface area contributed by atoms with Gasteiger partial charge in [-0.2, -0.15) is 5.10 Å². The lowest BCUT2D eigenvalue weighted by Crippen LogP contribution is -2.17. The summed E-state index contributed by atoms with van der Waals surface area (Å²) in [5, 5.41) is 14.8. The van der Waals surface area contributed by atoms with E-state index < -0.39 is 10.8 Å². The number of hydrogen-bond acceptors (Lipinski definition) is 6. The summed E-state index contributed by atoms with van der Waals surface area (Å²) in [5.41, 5.74) is 3.66. The average Bonchev–Trinajstić information content (AvgIpc) is 2.81. The highest BCUT2D eigenvalue weighted by Crippen LogP contribution is 2.34. The van der Waals surface area contributed by atoms with Crippen molar-refractivity contribution in [2.45, 2.75) is 13.5 Å². The molecule has 0 aliphatic heterocycles. The van der Waals surface area contributed by atoms with E-state index in [1.807, 2.05) is 6.92 Å². The number of carbonyl (C=O) groups excluding carboxylic acids is 1.